The smallest absolute Gasteiger partial charge is 0.518 e. The molecule has 0 saturated heterocycles. The number of ether oxygens (including phenoxy) is 5. The van der Waals surface area contributed by atoms with Gasteiger partial charge < -0.3 is 48.4 Å². The fourth-order valence-corrected chi connectivity index (χ4v) is 18.7. The van der Waals surface area contributed by atoms with Gasteiger partial charge in [0, 0.05) is 101 Å². The Balaban J connectivity index is 0.000000123. The molecule has 0 saturated carbocycles. The number of para-hydroxylation sites is 2. The predicted molar refractivity (Wildman–Crippen MR) is 519 cm³/mol. The van der Waals surface area contributed by atoms with Gasteiger partial charge in [0.1, 0.15) is 40.2 Å². The zero-order valence-electron chi connectivity index (χ0n) is 72.4. The molecule has 3 aromatic heterocycles. The number of hydrogen-bond acceptors (Lipinski definition) is 11. The van der Waals surface area contributed by atoms with Crippen LogP contribution in [0.5, 0.6) is 57.5 Å². The van der Waals surface area contributed by atoms with Crippen LogP contribution in [-0.4, -0.2) is 39.9 Å². The molecule has 0 aliphatic carbocycles. The van der Waals surface area contributed by atoms with Crippen molar-refractivity contribution in [1.29, 1.82) is 0 Å². The average Bonchev–Trinajstić information content (AvgIpc) is 0.814. The Labute approximate surface area is 816 Å². The predicted octanol–water partition coefficient (Wildman–Crippen LogP) is 20.8. The van der Waals surface area contributed by atoms with Crippen molar-refractivity contribution < 1.29 is 89.5 Å². The standard InChI is InChI=1S/C42H26BN4O2.C39H28BN2O.C33H23BNO2.2Au.Pt/c1-3-10-29(11-4-1)33-14-7-15-34(30-12-5-2-6-13-30)42(33)46-25-24-45(28-46)31-18-20-37-35(26-31)43-36-27-32(47-23-9-22-44-47)19-21-38(36)49-40-17-8-16-39(48-37)41(40)43;1-39(2,3)30-25-32(27-16-9-5-10-17-27)41-38-37(30)43-35-21-13-20-34-36(35)40(38)31-24-28(26-14-7-4-8-15-26)22-23-33(31)42(34)29-18-11-6-12-19-29;1-33(2,3)24-20-26(22-13-8-5-9-14-22)35-32-31(24)37-29-16-10-15-28-30(29)34(32)25-19-23(17-18-27(25)36-28)21-11-6-4-7-12-21;;;/h1-25,28H;4-14,16,18-23,25H,1-3H3;4-11,13,15-18,20H,1-3H3;;;/q3*-3;2*+3;. The third-order valence-corrected chi connectivity index (χ3v) is 24.7. The van der Waals surface area contributed by atoms with Crippen molar-refractivity contribution in [2.24, 2.45) is 0 Å². The molecule has 25 rings (SSSR count). The second-order valence-corrected chi connectivity index (χ2v) is 34.8. The molecule has 642 valence electrons. The monoisotopic (exact) mass is 2250 g/mol. The maximum absolute atomic E-state index is 6.87. The van der Waals surface area contributed by atoms with Gasteiger partial charge in [-0.2, -0.15) is 90.0 Å². The summed E-state index contributed by atoms with van der Waals surface area (Å²) in [6.07, 6.45) is 7.88. The zero-order valence-corrected chi connectivity index (χ0v) is 79.0. The van der Waals surface area contributed by atoms with Gasteiger partial charge in [0.2, 0.25) is 6.71 Å². The SMILES string of the molecule is CC(C)(C)c1cc(-c2[c-]cccc2)nc2c1Oc1cccc3c1B2c1[c-]c(-c2[c-]cccc2)ccc1N3c1ccccc1.CC(C)(C)c1cc(-c2[c-]cccc2)nc2c1Oc1cccc3c1B2c1[c-]c(-c2[c-]cccc2)ccc1O3.[Au+3].[Au+3].[Pt].[c-]1c(N2C=CN(c3c(-c4ccccc4)cccc3-c3ccccc3)[CH-]2)ccc2c1B1c3[c-]c(-n4cccn4)ccc3Oc3cccc(c31)O2. The van der Waals surface area contributed by atoms with E-state index in [9.17, 15) is 0 Å². The molecular formula is C114H77Au2B3N7O5Pt-3. The molecule has 0 fully saturated rings. The first-order valence-electron chi connectivity index (χ1n) is 43.4. The van der Waals surface area contributed by atoms with Gasteiger partial charge in [-0.25, -0.2) is 22.3 Å². The van der Waals surface area contributed by atoms with Crippen molar-refractivity contribution in [2.75, 3.05) is 14.7 Å². The van der Waals surface area contributed by atoms with E-state index in [0.717, 1.165) is 219 Å². The van der Waals surface area contributed by atoms with Crippen LogP contribution in [0.3, 0.4) is 0 Å². The van der Waals surface area contributed by atoms with Gasteiger partial charge in [0.05, 0.1) is 0 Å². The van der Waals surface area contributed by atoms with Crippen LogP contribution in [-0.2, 0) is 76.7 Å². The molecular weight excluding hydrogens is 2170 g/mol. The molecule has 0 N–H and O–H groups in total. The number of nitrogens with zero attached hydrogens (tertiary/aromatic N) is 7. The maximum atomic E-state index is 6.87. The first kappa shape index (κ1) is 86.4. The summed E-state index contributed by atoms with van der Waals surface area (Å²) in [5.74, 6) is 8.00. The minimum atomic E-state index is -0.180. The molecule has 7 aliphatic heterocycles. The second-order valence-electron chi connectivity index (χ2n) is 34.8. The summed E-state index contributed by atoms with van der Waals surface area (Å²) in [5, 5.41) is 4.44. The van der Waals surface area contributed by atoms with Crippen molar-refractivity contribution in [3.05, 3.63) is 419 Å². The number of benzene rings is 15. The fourth-order valence-electron chi connectivity index (χ4n) is 18.7. The van der Waals surface area contributed by atoms with Gasteiger partial charge in [-0.05, 0) is 128 Å². The number of fused-ring (bicyclic) bond motifs is 12. The molecule has 10 heterocycles. The Kier molecular flexibility index (Phi) is 23.3. The Morgan fingerprint density at radius 2 is 0.765 bits per heavy atom. The molecule has 12 nitrogen and oxygen atoms in total. The molecule has 132 heavy (non-hydrogen) atoms. The van der Waals surface area contributed by atoms with Crippen LogP contribution in [0.25, 0.3) is 72.7 Å². The minimum Gasteiger partial charge on any atom is -0.518 e. The zero-order chi connectivity index (χ0) is 86.6. The van der Waals surface area contributed by atoms with E-state index in [2.05, 4.69) is 311 Å². The number of pyridine rings is 2. The fraction of sp³-hybridized carbons (Fsp3) is 0.0702. The van der Waals surface area contributed by atoms with E-state index in [4.69, 9.17) is 33.7 Å². The molecule has 0 spiro atoms. The number of aromatic nitrogens is 4. The molecule has 0 amide bonds. The van der Waals surface area contributed by atoms with E-state index in [0.29, 0.717) is 0 Å². The molecule has 18 aromatic rings. The van der Waals surface area contributed by atoms with Crippen LogP contribution in [0, 0.1) is 55.2 Å². The molecule has 0 unspecified atom stereocenters. The van der Waals surface area contributed by atoms with Crippen molar-refractivity contribution >= 4 is 98.0 Å². The minimum absolute atomic E-state index is 0. The Hall–Kier alpha value is -13.7. The first-order valence-corrected chi connectivity index (χ1v) is 43.4. The molecule has 18 heteroatoms. The topological polar surface area (TPSA) is 99.5 Å². The van der Waals surface area contributed by atoms with E-state index in [1.807, 2.05) is 156 Å². The van der Waals surface area contributed by atoms with Crippen LogP contribution in [0.15, 0.2) is 352 Å². The molecule has 15 aromatic carbocycles. The molecule has 7 aliphatic rings. The summed E-state index contributed by atoms with van der Waals surface area (Å²) >= 11 is 0. The normalized spacial score (nSPS) is 13.0. The maximum Gasteiger partial charge on any atom is 3.00 e. The summed E-state index contributed by atoms with van der Waals surface area (Å²) < 4.78 is 34.6. The third-order valence-electron chi connectivity index (χ3n) is 24.7. The van der Waals surface area contributed by atoms with Gasteiger partial charge in [0.25, 0.3) is 13.4 Å². The average molecular weight is 2250 g/mol. The van der Waals surface area contributed by atoms with Crippen LogP contribution in [0.1, 0.15) is 52.7 Å². The van der Waals surface area contributed by atoms with E-state index in [1.165, 1.54) is 0 Å². The Morgan fingerprint density at radius 1 is 0.341 bits per heavy atom. The van der Waals surface area contributed by atoms with E-state index < -0.39 is 0 Å². The summed E-state index contributed by atoms with van der Waals surface area (Å²) in [6, 6.07) is 140. The molecule has 0 atom stereocenters. The summed E-state index contributed by atoms with van der Waals surface area (Å²) in [7, 11) is 0. The van der Waals surface area contributed by atoms with Crippen LogP contribution >= 0.6 is 0 Å². The third kappa shape index (κ3) is 15.7. The van der Waals surface area contributed by atoms with Gasteiger partial charge in [0.15, 0.2) is 0 Å². The van der Waals surface area contributed by atoms with Gasteiger partial charge >= 0.3 is 44.8 Å². The quantitative estimate of drug-likeness (QED) is 0.0967. The number of anilines is 5. The van der Waals surface area contributed by atoms with E-state index in [-0.39, 0.29) is 96.8 Å². The van der Waals surface area contributed by atoms with Crippen molar-refractivity contribution in [3.63, 3.8) is 0 Å². The largest absolute Gasteiger partial charge is 3.00 e. The van der Waals surface area contributed by atoms with Crippen molar-refractivity contribution in [3.8, 4) is 130 Å². The summed E-state index contributed by atoms with van der Waals surface area (Å²) in [6.45, 7) is 14.9. The first-order chi connectivity index (χ1) is 63.2. The Bertz CT molecular complexity index is 7380. The van der Waals surface area contributed by atoms with Gasteiger partial charge in [-0.15, -0.1) is 155 Å². The number of rotatable bonds is 10. The van der Waals surface area contributed by atoms with Crippen LogP contribution < -0.4 is 87.8 Å². The van der Waals surface area contributed by atoms with Crippen LogP contribution in [0.4, 0.5) is 28.4 Å². The molecule has 0 radical (unpaired) electrons. The number of hydrogen-bond donors (Lipinski definition) is 0. The molecule has 0 bridgehead atoms. The van der Waals surface area contributed by atoms with Gasteiger partial charge in [-0.3, -0.25) is 4.68 Å². The van der Waals surface area contributed by atoms with Crippen LogP contribution in [0.2, 0.25) is 0 Å². The van der Waals surface area contributed by atoms with Gasteiger partial charge in [-0.1, -0.05) is 169 Å². The van der Waals surface area contributed by atoms with E-state index in [1.54, 1.807) is 6.20 Å². The summed E-state index contributed by atoms with van der Waals surface area (Å²) in [4.78, 5) is 17.3. The Morgan fingerprint density at radius 3 is 1.27 bits per heavy atom. The van der Waals surface area contributed by atoms with Crippen molar-refractivity contribution in [2.45, 2.75) is 52.4 Å². The van der Waals surface area contributed by atoms with Crippen molar-refractivity contribution in [1.82, 2.24) is 19.7 Å². The summed E-state index contributed by atoms with van der Waals surface area (Å²) in [5.41, 5.74) is 29.1. The van der Waals surface area contributed by atoms with E-state index >= 15 is 0 Å². The second kappa shape index (κ2) is 35.5.